The van der Waals surface area contributed by atoms with Crippen LogP contribution in [0.15, 0.2) is 24.5 Å². The van der Waals surface area contributed by atoms with E-state index >= 15 is 0 Å². The molecule has 0 saturated carbocycles. The molecule has 4 rings (SSSR count). The zero-order valence-electron chi connectivity index (χ0n) is 14.5. The number of H-pyrrole nitrogens is 1. The number of aromatic nitrogens is 4. The Morgan fingerprint density at radius 2 is 2.04 bits per heavy atom. The highest BCUT2D eigenvalue weighted by molar-refractivity contribution is 5.97. The number of likely N-dealkylation sites (tertiary alicyclic amines) is 1. The molecule has 0 aliphatic carbocycles. The Bertz CT molecular complexity index is 808. The molecular formula is C17H20N6O3. The second-order valence-corrected chi connectivity index (χ2v) is 6.60. The molecule has 0 unspecified atom stereocenters. The largest absolute Gasteiger partial charge is 0.374 e. The average Bonchev–Trinajstić information content (AvgIpc) is 3.25. The van der Waals surface area contributed by atoms with Crippen LogP contribution in [-0.2, 0) is 4.74 Å². The van der Waals surface area contributed by atoms with Crippen LogP contribution in [0, 0.1) is 5.92 Å². The number of nitrogens with one attached hydrogen (secondary N) is 1. The minimum Gasteiger partial charge on any atom is -0.374 e. The standard InChI is InChI=1S/C17H20N6O3/c1-11(24)13-7-14(21-20-13)16(25)23-9-12-8-22(5-6-26-15(12)10-23)17-18-3-2-4-19-17/h2-4,7,12,15H,5-6,8-10H2,1H3,(H,20,21)/t12-,15+/m0/s1. The number of hydrogen-bond acceptors (Lipinski definition) is 7. The number of aromatic amines is 1. The second kappa shape index (κ2) is 6.83. The van der Waals surface area contributed by atoms with Crippen LogP contribution >= 0.6 is 0 Å². The van der Waals surface area contributed by atoms with Gasteiger partial charge in [-0.2, -0.15) is 5.10 Å². The Morgan fingerprint density at radius 3 is 2.77 bits per heavy atom. The van der Waals surface area contributed by atoms with E-state index in [9.17, 15) is 9.59 Å². The molecule has 4 heterocycles. The first-order valence-electron chi connectivity index (χ1n) is 8.61. The monoisotopic (exact) mass is 356 g/mol. The first-order valence-corrected chi connectivity index (χ1v) is 8.61. The van der Waals surface area contributed by atoms with Crippen molar-refractivity contribution in [2.75, 3.05) is 37.7 Å². The van der Waals surface area contributed by atoms with E-state index in [0.29, 0.717) is 31.3 Å². The lowest BCUT2D eigenvalue weighted by Crippen LogP contribution is -2.35. The molecule has 0 aromatic carbocycles. The molecule has 0 bridgehead atoms. The van der Waals surface area contributed by atoms with Crippen molar-refractivity contribution >= 4 is 17.6 Å². The summed E-state index contributed by atoms with van der Waals surface area (Å²) in [5, 5.41) is 6.55. The lowest BCUT2D eigenvalue weighted by atomic mass is 10.1. The number of hydrogen-bond donors (Lipinski definition) is 1. The predicted octanol–water partition coefficient (Wildman–Crippen LogP) is 0.380. The first kappa shape index (κ1) is 16.6. The Labute approximate surface area is 150 Å². The third-order valence-corrected chi connectivity index (χ3v) is 4.82. The van der Waals surface area contributed by atoms with Crippen molar-refractivity contribution in [3.63, 3.8) is 0 Å². The quantitative estimate of drug-likeness (QED) is 0.793. The van der Waals surface area contributed by atoms with Gasteiger partial charge >= 0.3 is 0 Å². The van der Waals surface area contributed by atoms with Crippen LogP contribution in [0.4, 0.5) is 5.95 Å². The molecule has 26 heavy (non-hydrogen) atoms. The van der Waals surface area contributed by atoms with E-state index in [0.717, 1.165) is 13.1 Å². The number of Topliss-reactive ketones (excluding diaryl/α,β-unsaturated/α-hetero) is 1. The van der Waals surface area contributed by atoms with Gasteiger partial charge in [0.25, 0.3) is 5.91 Å². The number of ether oxygens (including phenoxy) is 1. The summed E-state index contributed by atoms with van der Waals surface area (Å²) in [6, 6.07) is 3.29. The lowest BCUT2D eigenvalue weighted by molar-refractivity contribution is 0.0497. The smallest absolute Gasteiger partial charge is 0.271 e. The number of fused-ring (bicyclic) bond motifs is 1. The third-order valence-electron chi connectivity index (χ3n) is 4.82. The van der Waals surface area contributed by atoms with Gasteiger partial charge in [-0.15, -0.1) is 0 Å². The van der Waals surface area contributed by atoms with Gasteiger partial charge in [0.05, 0.1) is 12.7 Å². The molecule has 0 spiro atoms. The van der Waals surface area contributed by atoms with E-state index in [2.05, 4.69) is 25.1 Å². The number of ketones is 1. The molecule has 9 heteroatoms. The summed E-state index contributed by atoms with van der Waals surface area (Å²) in [7, 11) is 0. The Balaban J connectivity index is 1.46. The molecule has 0 radical (unpaired) electrons. The molecule has 2 aliphatic rings. The minimum absolute atomic E-state index is 0.0112. The SMILES string of the molecule is CC(=O)c1cc(C(=O)N2C[C@@H]3CN(c4ncccn4)CCO[C@@H]3C2)[nH]n1. The molecule has 1 amide bonds. The van der Waals surface area contributed by atoms with Crippen molar-refractivity contribution in [3.05, 3.63) is 35.9 Å². The zero-order chi connectivity index (χ0) is 18.1. The van der Waals surface area contributed by atoms with Crippen molar-refractivity contribution in [3.8, 4) is 0 Å². The van der Waals surface area contributed by atoms with Gasteiger partial charge in [-0.05, 0) is 12.1 Å². The number of carbonyl (C=O) groups is 2. The fourth-order valence-electron chi connectivity index (χ4n) is 3.48. The van der Waals surface area contributed by atoms with E-state index < -0.39 is 0 Å². The predicted molar refractivity (Wildman–Crippen MR) is 92.0 cm³/mol. The summed E-state index contributed by atoms with van der Waals surface area (Å²) >= 11 is 0. The van der Waals surface area contributed by atoms with Gasteiger partial charge in [-0.3, -0.25) is 14.7 Å². The minimum atomic E-state index is -0.172. The highest BCUT2D eigenvalue weighted by Crippen LogP contribution is 2.26. The van der Waals surface area contributed by atoms with Gasteiger partial charge < -0.3 is 14.5 Å². The molecule has 2 saturated heterocycles. The fraction of sp³-hybridized carbons (Fsp3) is 0.471. The average molecular weight is 356 g/mol. The van der Waals surface area contributed by atoms with Gasteiger partial charge in [0.2, 0.25) is 5.95 Å². The molecule has 9 nitrogen and oxygen atoms in total. The van der Waals surface area contributed by atoms with Crippen LogP contribution in [0.2, 0.25) is 0 Å². The number of carbonyl (C=O) groups excluding carboxylic acids is 2. The van der Waals surface area contributed by atoms with Crippen molar-refractivity contribution < 1.29 is 14.3 Å². The van der Waals surface area contributed by atoms with Crippen molar-refractivity contribution in [2.24, 2.45) is 5.92 Å². The molecular weight excluding hydrogens is 336 g/mol. The van der Waals surface area contributed by atoms with E-state index in [4.69, 9.17) is 4.74 Å². The number of amides is 1. The topological polar surface area (TPSA) is 104 Å². The summed E-state index contributed by atoms with van der Waals surface area (Å²) in [6.07, 6.45) is 3.43. The Hall–Kier alpha value is -2.81. The molecule has 136 valence electrons. The van der Waals surface area contributed by atoms with E-state index in [1.807, 2.05) is 0 Å². The maximum Gasteiger partial charge on any atom is 0.271 e. The number of nitrogens with zero attached hydrogens (tertiary/aromatic N) is 5. The van der Waals surface area contributed by atoms with Gasteiger partial charge in [0, 0.05) is 51.4 Å². The van der Waals surface area contributed by atoms with Crippen LogP contribution < -0.4 is 4.90 Å². The van der Waals surface area contributed by atoms with Gasteiger partial charge in [-0.1, -0.05) is 0 Å². The molecule has 2 aromatic heterocycles. The molecule has 2 aromatic rings. The van der Waals surface area contributed by atoms with Crippen LogP contribution in [0.3, 0.4) is 0 Å². The van der Waals surface area contributed by atoms with Gasteiger partial charge in [0.15, 0.2) is 5.78 Å². The highest BCUT2D eigenvalue weighted by atomic mass is 16.5. The number of anilines is 1. The van der Waals surface area contributed by atoms with E-state index in [1.165, 1.54) is 13.0 Å². The van der Waals surface area contributed by atoms with Crippen molar-refractivity contribution in [1.29, 1.82) is 0 Å². The Kier molecular flexibility index (Phi) is 4.37. The first-order chi connectivity index (χ1) is 12.6. The maximum absolute atomic E-state index is 12.7. The Morgan fingerprint density at radius 1 is 1.23 bits per heavy atom. The van der Waals surface area contributed by atoms with Crippen molar-refractivity contribution in [1.82, 2.24) is 25.1 Å². The normalized spacial score (nSPS) is 22.8. The summed E-state index contributed by atoms with van der Waals surface area (Å²) in [5.74, 6) is 0.527. The van der Waals surface area contributed by atoms with Crippen LogP contribution in [0.1, 0.15) is 27.9 Å². The lowest BCUT2D eigenvalue weighted by Gasteiger charge is -2.23. The van der Waals surface area contributed by atoms with Crippen LogP contribution in [-0.4, -0.2) is 75.6 Å². The molecule has 1 N–H and O–H groups in total. The number of rotatable bonds is 3. The van der Waals surface area contributed by atoms with Gasteiger partial charge in [-0.25, -0.2) is 9.97 Å². The third kappa shape index (κ3) is 3.17. The molecule has 2 atom stereocenters. The van der Waals surface area contributed by atoms with E-state index in [-0.39, 0.29) is 29.4 Å². The summed E-state index contributed by atoms with van der Waals surface area (Å²) < 4.78 is 5.97. The van der Waals surface area contributed by atoms with E-state index in [1.54, 1.807) is 23.4 Å². The molecule has 2 fully saturated rings. The van der Waals surface area contributed by atoms with Crippen LogP contribution in [0.25, 0.3) is 0 Å². The van der Waals surface area contributed by atoms with Gasteiger partial charge in [0.1, 0.15) is 11.4 Å². The summed E-state index contributed by atoms with van der Waals surface area (Å²) in [6.45, 7) is 4.57. The zero-order valence-corrected chi connectivity index (χ0v) is 14.5. The highest BCUT2D eigenvalue weighted by Gasteiger charge is 2.39. The summed E-state index contributed by atoms with van der Waals surface area (Å²) in [5.41, 5.74) is 0.598. The van der Waals surface area contributed by atoms with Crippen LogP contribution in [0.5, 0.6) is 0 Å². The summed E-state index contributed by atoms with van der Waals surface area (Å²) in [4.78, 5) is 36.6. The maximum atomic E-state index is 12.7. The fourth-order valence-corrected chi connectivity index (χ4v) is 3.48. The van der Waals surface area contributed by atoms with Crippen molar-refractivity contribution in [2.45, 2.75) is 13.0 Å². The molecule has 2 aliphatic heterocycles. The second-order valence-electron chi connectivity index (χ2n) is 6.60.